The number of ether oxygens (including phenoxy) is 1. The molecule has 0 aromatic heterocycles. The molecule has 16 heavy (non-hydrogen) atoms. The lowest BCUT2D eigenvalue weighted by molar-refractivity contribution is -0.0785. The zero-order valence-corrected chi connectivity index (χ0v) is 12.0. The normalized spacial score (nSPS) is 31.7. The van der Waals surface area contributed by atoms with Crippen molar-refractivity contribution in [1.29, 1.82) is 0 Å². The molecule has 0 amide bonds. The second-order valence-corrected chi connectivity index (χ2v) is 6.96. The van der Waals surface area contributed by atoms with Gasteiger partial charge in [0, 0.05) is 12.0 Å². The molecule has 1 aliphatic rings. The minimum absolute atomic E-state index is 0.0253. The van der Waals surface area contributed by atoms with Crippen molar-refractivity contribution < 1.29 is 4.74 Å². The molecule has 0 spiro atoms. The first-order valence-electron chi connectivity index (χ1n) is 6.52. The number of hydrogen-bond acceptors (Lipinski definition) is 2. The van der Waals surface area contributed by atoms with Gasteiger partial charge in [-0.05, 0) is 46.0 Å². The first-order valence-corrected chi connectivity index (χ1v) is 6.52. The molecule has 1 saturated heterocycles. The van der Waals surface area contributed by atoms with Gasteiger partial charge in [0.15, 0.2) is 0 Å². The molecule has 2 nitrogen and oxygen atoms in total. The first kappa shape index (κ1) is 14.0. The third-order valence-corrected chi connectivity index (χ3v) is 4.27. The molecule has 1 aliphatic heterocycles. The molecule has 0 saturated carbocycles. The minimum Gasteiger partial charge on any atom is -0.369 e. The Hall–Kier alpha value is -0.0800. The molecule has 96 valence electrons. The summed E-state index contributed by atoms with van der Waals surface area (Å²) in [5.41, 5.74) is 6.32. The van der Waals surface area contributed by atoms with Crippen LogP contribution in [0.15, 0.2) is 0 Å². The van der Waals surface area contributed by atoms with Crippen LogP contribution in [-0.2, 0) is 4.74 Å². The maximum Gasteiger partial charge on any atom is 0.0677 e. The van der Waals surface area contributed by atoms with Crippen LogP contribution < -0.4 is 5.73 Å². The highest BCUT2D eigenvalue weighted by molar-refractivity contribution is 5.00. The fourth-order valence-corrected chi connectivity index (χ4v) is 3.02. The Kier molecular flexibility index (Phi) is 3.76. The lowest BCUT2D eigenvalue weighted by Gasteiger charge is -2.35. The molecule has 3 atom stereocenters. The topological polar surface area (TPSA) is 35.2 Å². The molecular formula is C14H29NO. The zero-order chi connectivity index (χ0) is 12.7. The van der Waals surface area contributed by atoms with Crippen molar-refractivity contribution in [2.75, 3.05) is 0 Å². The highest BCUT2D eigenvalue weighted by atomic mass is 16.5. The summed E-state index contributed by atoms with van der Waals surface area (Å²) in [6, 6.07) is 0.233. The van der Waals surface area contributed by atoms with Gasteiger partial charge < -0.3 is 10.5 Å². The van der Waals surface area contributed by atoms with E-state index in [2.05, 4.69) is 48.5 Å². The predicted molar refractivity (Wildman–Crippen MR) is 69.3 cm³/mol. The summed E-state index contributed by atoms with van der Waals surface area (Å²) in [4.78, 5) is 0. The van der Waals surface area contributed by atoms with E-state index < -0.39 is 0 Å². The van der Waals surface area contributed by atoms with Crippen LogP contribution in [-0.4, -0.2) is 17.2 Å². The molecular weight excluding hydrogens is 198 g/mol. The third-order valence-electron chi connectivity index (χ3n) is 4.27. The second kappa shape index (κ2) is 4.30. The van der Waals surface area contributed by atoms with Gasteiger partial charge >= 0.3 is 0 Å². The summed E-state index contributed by atoms with van der Waals surface area (Å²) in [6.45, 7) is 15.5. The summed E-state index contributed by atoms with van der Waals surface area (Å²) in [6.07, 6.45) is 1.07. The summed E-state index contributed by atoms with van der Waals surface area (Å²) >= 11 is 0. The molecule has 2 heteroatoms. The Labute approximate surface area is 101 Å². The van der Waals surface area contributed by atoms with Crippen molar-refractivity contribution in [1.82, 2.24) is 0 Å². The predicted octanol–water partition coefficient (Wildman–Crippen LogP) is 3.20. The molecule has 1 fully saturated rings. The molecule has 0 radical (unpaired) electrons. The van der Waals surface area contributed by atoms with E-state index in [1.165, 1.54) is 0 Å². The average molecular weight is 227 g/mol. The Bertz CT molecular complexity index is 245. The van der Waals surface area contributed by atoms with Gasteiger partial charge in [0.2, 0.25) is 0 Å². The SMILES string of the molecule is CC(C)C(C)C(N)C1CC(C)(C)OC1(C)C. The van der Waals surface area contributed by atoms with Crippen molar-refractivity contribution in [2.24, 2.45) is 23.5 Å². The van der Waals surface area contributed by atoms with Crippen molar-refractivity contribution >= 4 is 0 Å². The minimum atomic E-state index is -0.0912. The fraction of sp³-hybridized carbons (Fsp3) is 1.00. The van der Waals surface area contributed by atoms with Crippen molar-refractivity contribution in [3.05, 3.63) is 0 Å². The van der Waals surface area contributed by atoms with Crippen LogP contribution in [0.3, 0.4) is 0 Å². The van der Waals surface area contributed by atoms with Gasteiger partial charge in [-0.2, -0.15) is 0 Å². The Morgan fingerprint density at radius 1 is 1.12 bits per heavy atom. The van der Waals surface area contributed by atoms with Gasteiger partial charge in [-0.1, -0.05) is 20.8 Å². The van der Waals surface area contributed by atoms with Crippen molar-refractivity contribution in [3.63, 3.8) is 0 Å². The van der Waals surface area contributed by atoms with Gasteiger partial charge in [0.05, 0.1) is 11.2 Å². The molecule has 2 N–H and O–H groups in total. The van der Waals surface area contributed by atoms with Crippen LogP contribution in [0.4, 0.5) is 0 Å². The standard InChI is InChI=1S/C14H29NO/c1-9(2)10(3)12(15)11-8-13(4,5)16-14(11,6)7/h9-12H,8,15H2,1-7H3. The van der Waals surface area contributed by atoms with Crippen LogP contribution in [0.2, 0.25) is 0 Å². The summed E-state index contributed by atoms with van der Waals surface area (Å²) < 4.78 is 6.12. The Morgan fingerprint density at radius 2 is 1.62 bits per heavy atom. The van der Waals surface area contributed by atoms with E-state index >= 15 is 0 Å². The summed E-state index contributed by atoms with van der Waals surface area (Å²) in [5.74, 6) is 1.64. The lowest BCUT2D eigenvalue weighted by atomic mass is 9.74. The third kappa shape index (κ3) is 2.78. The largest absolute Gasteiger partial charge is 0.369 e. The van der Waals surface area contributed by atoms with Crippen LogP contribution in [0.1, 0.15) is 54.9 Å². The van der Waals surface area contributed by atoms with Gasteiger partial charge in [-0.15, -0.1) is 0 Å². The lowest BCUT2D eigenvalue weighted by Crippen LogP contribution is -2.46. The molecule has 0 aromatic carbocycles. The van der Waals surface area contributed by atoms with Gasteiger partial charge in [0.25, 0.3) is 0 Å². The monoisotopic (exact) mass is 227 g/mol. The maximum atomic E-state index is 6.44. The van der Waals surface area contributed by atoms with Crippen molar-refractivity contribution in [2.45, 2.75) is 72.1 Å². The first-order chi connectivity index (χ1) is 7.07. The van der Waals surface area contributed by atoms with Gasteiger partial charge in [-0.3, -0.25) is 0 Å². The van der Waals surface area contributed by atoms with E-state index in [-0.39, 0.29) is 17.2 Å². The average Bonchev–Trinajstić information content (AvgIpc) is 2.31. The molecule has 3 unspecified atom stereocenters. The maximum absolute atomic E-state index is 6.44. The van der Waals surface area contributed by atoms with E-state index in [1.807, 2.05) is 0 Å². The van der Waals surface area contributed by atoms with Crippen molar-refractivity contribution in [3.8, 4) is 0 Å². The van der Waals surface area contributed by atoms with E-state index in [9.17, 15) is 0 Å². The smallest absolute Gasteiger partial charge is 0.0677 e. The van der Waals surface area contributed by atoms with E-state index in [0.29, 0.717) is 17.8 Å². The zero-order valence-electron chi connectivity index (χ0n) is 12.0. The molecule has 0 bridgehead atoms. The van der Waals surface area contributed by atoms with Gasteiger partial charge in [0.1, 0.15) is 0 Å². The van der Waals surface area contributed by atoms with Crippen LogP contribution >= 0.6 is 0 Å². The van der Waals surface area contributed by atoms with Crippen LogP contribution in [0.5, 0.6) is 0 Å². The molecule has 0 aromatic rings. The van der Waals surface area contributed by atoms with Gasteiger partial charge in [-0.25, -0.2) is 0 Å². The molecule has 1 heterocycles. The number of hydrogen-bond donors (Lipinski definition) is 1. The van der Waals surface area contributed by atoms with Crippen LogP contribution in [0.25, 0.3) is 0 Å². The molecule has 1 rings (SSSR count). The quantitative estimate of drug-likeness (QED) is 0.803. The molecule has 0 aliphatic carbocycles. The number of rotatable bonds is 3. The highest BCUT2D eigenvalue weighted by Gasteiger charge is 2.49. The summed E-state index contributed by atoms with van der Waals surface area (Å²) in [7, 11) is 0. The Balaban J connectivity index is 2.81. The van der Waals surface area contributed by atoms with E-state index in [4.69, 9.17) is 10.5 Å². The van der Waals surface area contributed by atoms with E-state index in [1.54, 1.807) is 0 Å². The number of nitrogens with two attached hydrogens (primary N) is 1. The second-order valence-electron chi connectivity index (χ2n) is 6.96. The van der Waals surface area contributed by atoms with E-state index in [0.717, 1.165) is 6.42 Å². The highest BCUT2D eigenvalue weighted by Crippen LogP contribution is 2.44. The Morgan fingerprint density at radius 3 is 1.94 bits per heavy atom. The summed E-state index contributed by atoms with van der Waals surface area (Å²) in [5, 5.41) is 0. The van der Waals surface area contributed by atoms with Crippen LogP contribution in [0, 0.1) is 17.8 Å². The fourth-order valence-electron chi connectivity index (χ4n) is 3.02.